The monoisotopic (exact) mass is 238 g/mol. The summed E-state index contributed by atoms with van der Waals surface area (Å²) in [7, 11) is 0. The molecule has 0 aliphatic carbocycles. The Hall–Kier alpha value is -0.570. The predicted molar refractivity (Wildman–Crippen MR) is 69.7 cm³/mol. The highest BCUT2D eigenvalue weighted by atomic mass is 16.2. The maximum atomic E-state index is 12.4. The van der Waals surface area contributed by atoms with Gasteiger partial charge in [-0.05, 0) is 43.7 Å². The highest BCUT2D eigenvalue weighted by molar-refractivity contribution is 5.79. The van der Waals surface area contributed by atoms with Gasteiger partial charge >= 0.3 is 0 Å². The predicted octanol–water partition coefficient (Wildman–Crippen LogP) is 1.88. The van der Waals surface area contributed by atoms with Gasteiger partial charge in [0.25, 0.3) is 0 Å². The van der Waals surface area contributed by atoms with E-state index in [4.69, 9.17) is 0 Å². The van der Waals surface area contributed by atoms with Crippen molar-refractivity contribution in [1.29, 1.82) is 0 Å². The van der Waals surface area contributed by atoms with Crippen LogP contribution in [-0.2, 0) is 4.79 Å². The molecule has 2 aliphatic heterocycles. The largest absolute Gasteiger partial charge is 0.342 e. The molecule has 1 amide bonds. The zero-order chi connectivity index (χ0) is 12.5. The molecule has 0 aromatic carbocycles. The quantitative estimate of drug-likeness (QED) is 0.811. The minimum atomic E-state index is 0.209. The van der Waals surface area contributed by atoms with Gasteiger partial charge in [-0.25, -0.2) is 0 Å². The van der Waals surface area contributed by atoms with Crippen molar-refractivity contribution in [3.63, 3.8) is 0 Å². The second-order valence-corrected chi connectivity index (χ2v) is 5.92. The Morgan fingerprint density at radius 2 is 2.06 bits per heavy atom. The molecule has 1 N–H and O–H groups in total. The lowest BCUT2D eigenvalue weighted by Gasteiger charge is -2.34. The van der Waals surface area contributed by atoms with E-state index in [1.54, 1.807) is 0 Å². The van der Waals surface area contributed by atoms with Crippen LogP contribution >= 0.6 is 0 Å². The van der Waals surface area contributed by atoms with E-state index in [2.05, 4.69) is 31.0 Å². The molecule has 2 heterocycles. The molecule has 0 aromatic heterocycles. The van der Waals surface area contributed by atoms with Crippen molar-refractivity contribution < 1.29 is 4.79 Å². The van der Waals surface area contributed by atoms with Crippen molar-refractivity contribution in [2.24, 2.45) is 17.3 Å². The average molecular weight is 238 g/mol. The van der Waals surface area contributed by atoms with Gasteiger partial charge in [0.2, 0.25) is 5.91 Å². The van der Waals surface area contributed by atoms with Crippen molar-refractivity contribution in [3.05, 3.63) is 0 Å². The van der Waals surface area contributed by atoms with E-state index in [1.807, 2.05) is 0 Å². The normalized spacial score (nSPS) is 25.7. The van der Waals surface area contributed by atoms with Crippen LogP contribution in [0.4, 0.5) is 0 Å². The van der Waals surface area contributed by atoms with E-state index in [9.17, 15) is 4.79 Å². The summed E-state index contributed by atoms with van der Waals surface area (Å²) >= 11 is 0. The van der Waals surface area contributed by atoms with Crippen molar-refractivity contribution in [1.82, 2.24) is 10.2 Å². The number of rotatable bonds is 4. The number of carbonyl (C=O) groups is 1. The van der Waals surface area contributed by atoms with Crippen LogP contribution in [-0.4, -0.2) is 37.0 Å². The summed E-state index contributed by atoms with van der Waals surface area (Å²) in [5, 5.41) is 3.26. The molecule has 0 saturated carbocycles. The number of nitrogens with one attached hydrogen (secondary N) is 1. The highest BCUT2D eigenvalue weighted by Crippen LogP contribution is 2.37. The number of likely N-dealkylation sites (tertiary alicyclic amines) is 1. The first-order valence-electron chi connectivity index (χ1n) is 7.11. The molecule has 0 radical (unpaired) electrons. The molecule has 2 rings (SSSR count). The van der Waals surface area contributed by atoms with Gasteiger partial charge in [0.1, 0.15) is 0 Å². The summed E-state index contributed by atoms with van der Waals surface area (Å²) in [6, 6.07) is 0. The first-order chi connectivity index (χ1) is 8.12. The van der Waals surface area contributed by atoms with Crippen LogP contribution in [0.5, 0.6) is 0 Å². The second-order valence-electron chi connectivity index (χ2n) is 5.92. The van der Waals surface area contributed by atoms with Gasteiger partial charge in [-0.2, -0.15) is 0 Å². The van der Waals surface area contributed by atoms with E-state index in [1.165, 1.54) is 19.3 Å². The van der Waals surface area contributed by atoms with Crippen molar-refractivity contribution >= 4 is 5.91 Å². The minimum Gasteiger partial charge on any atom is -0.342 e. The van der Waals surface area contributed by atoms with Crippen molar-refractivity contribution in [3.8, 4) is 0 Å². The van der Waals surface area contributed by atoms with Crippen LogP contribution in [0, 0.1) is 17.3 Å². The van der Waals surface area contributed by atoms with E-state index in [0.717, 1.165) is 26.2 Å². The topological polar surface area (TPSA) is 32.3 Å². The molecule has 2 aliphatic rings. The van der Waals surface area contributed by atoms with E-state index in [-0.39, 0.29) is 5.92 Å². The van der Waals surface area contributed by atoms with Gasteiger partial charge in [-0.1, -0.05) is 20.8 Å². The van der Waals surface area contributed by atoms with E-state index >= 15 is 0 Å². The molecule has 3 nitrogen and oxygen atoms in total. The Bertz CT molecular complexity index is 282. The van der Waals surface area contributed by atoms with Gasteiger partial charge in [-0.3, -0.25) is 4.79 Å². The van der Waals surface area contributed by atoms with Gasteiger partial charge in [0, 0.05) is 19.0 Å². The summed E-state index contributed by atoms with van der Waals surface area (Å²) in [4.78, 5) is 14.5. The lowest BCUT2D eigenvalue weighted by molar-refractivity contribution is -0.136. The lowest BCUT2D eigenvalue weighted by Crippen LogP contribution is -2.50. The molecule has 1 atom stereocenters. The van der Waals surface area contributed by atoms with Crippen LogP contribution in [0.1, 0.15) is 40.0 Å². The summed E-state index contributed by atoms with van der Waals surface area (Å²) in [6.45, 7) is 10.6. The highest BCUT2D eigenvalue weighted by Gasteiger charge is 2.40. The smallest absolute Gasteiger partial charge is 0.225 e. The lowest BCUT2D eigenvalue weighted by atomic mass is 9.82. The number of nitrogens with zero attached hydrogens (tertiary/aromatic N) is 1. The number of hydrogen-bond acceptors (Lipinski definition) is 2. The first-order valence-corrected chi connectivity index (χ1v) is 7.11. The number of carbonyl (C=O) groups excluding carboxylic acids is 1. The molecule has 0 spiro atoms. The zero-order valence-corrected chi connectivity index (χ0v) is 11.5. The Balaban J connectivity index is 1.93. The summed E-state index contributed by atoms with van der Waals surface area (Å²) in [5.74, 6) is 1.17. The third-order valence-electron chi connectivity index (χ3n) is 5.16. The number of hydrogen-bond donors (Lipinski definition) is 1. The fraction of sp³-hybridized carbons (Fsp3) is 0.929. The molecule has 0 bridgehead atoms. The van der Waals surface area contributed by atoms with Crippen molar-refractivity contribution in [2.45, 2.75) is 40.0 Å². The fourth-order valence-corrected chi connectivity index (χ4v) is 3.10. The van der Waals surface area contributed by atoms with Crippen LogP contribution in [0.2, 0.25) is 0 Å². The average Bonchev–Trinajstić information content (AvgIpc) is 2.70. The Morgan fingerprint density at radius 3 is 2.47 bits per heavy atom. The number of amides is 1. The second kappa shape index (κ2) is 4.97. The molecule has 1 unspecified atom stereocenters. The Kier molecular flexibility index (Phi) is 3.76. The Labute approximate surface area is 105 Å². The van der Waals surface area contributed by atoms with Gasteiger partial charge in [-0.15, -0.1) is 0 Å². The summed E-state index contributed by atoms with van der Waals surface area (Å²) < 4.78 is 0. The van der Waals surface area contributed by atoms with Gasteiger partial charge in [0.05, 0.1) is 0 Å². The molecule has 98 valence electrons. The third kappa shape index (κ3) is 2.35. The molecular weight excluding hydrogens is 212 g/mol. The molecule has 2 fully saturated rings. The SMILES string of the molecule is CCC1(CC)CCN(C(=O)C(C)C2CNC2)C1. The zero-order valence-electron chi connectivity index (χ0n) is 11.5. The molecule has 17 heavy (non-hydrogen) atoms. The molecule has 3 heteroatoms. The van der Waals surface area contributed by atoms with Crippen LogP contribution in [0.15, 0.2) is 0 Å². The maximum absolute atomic E-state index is 12.4. The Morgan fingerprint density at radius 1 is 1.41 bits per heavy atom. The van der Waals surface area contributed by atoms with Crippen LogP contribution in [0.3, 0.4) is 0 Å². The summed E-state index contributed by atoms with van der Waals surface area (Å²) in [5.41, 5.74) is 0.410. The van der Waals surface area contributed by atoms with E-state index in [0.29, 0.717) is 17.2 Å². The fourth-order valence-electron chi connectivity index (χ4n) is 3.10. The van der Waals surface area contributed by atoms with Gasteiger partial charge in [0.15, 0.2) is 0 Å². The minimum absolute atomic E-state index is 0.209. The van der Waals surface area contributed by atoms with Gasteiger partial charge < -0.3 is 10.2 Å². The molecule has 2 saturated heterocycles. The maximum Gasteiger partial charge on any atom is 0.225 e. The van der Waals surface area contributed by atoms with E-state index < -0.39 is 0 Å². The molecule has 0 aromatic rings. The first kappa shape index (κ1) is 12.9. The van der Waals surface area contributed by atoms with Crippen LogP contribution in [0.25, 0.3) is 0 Å². The van der Waals surface area contributed by atoms with Crippen LogP contribution < -0.4 is 5.32 Å². The molecular formula is C14H26N2O. The van der Waals surface area contributed by atoms with Crippen molar-refractivity contribution in [2.75, 3.05) is 26.2 Å². The standard InChI is InChI=1S/C14H26N2O/c1-4-14(5-2)6-7-16(10-14)13(17)11(3)12-8-15-9-12/h11-12,15H,4-10H2,1-3H3. The summed E-state index contributed by atoms with van der Waals surface area (Å²) in [6.07, 6.45) is 3.60. The third-order valence-corrected chi connectivity index (χ3v) is 5.16.